The van der Waals surface area contributed by atoms with Crippen LogP contribution in [0.15, 0.2) is 0 Å². The van der Waals surface area contributed by atoms with Gasteiger partial charge in [-0.3, -0.25) is 4.79 Å². The van der Waals surface area contributed by atoms with Gasteiger partial charge in [-0.2, -0.15) is 0 Å². The summed E-state index contributed by atoms with van der Waals surface area (Å²) in [5.41, 5.74) is 0.533. The summed E-state index contributed by atoms with van der Waals surface area (Å²) in [6.45, 7) is 7.54. The standard InChI is InChI=1S/C12H20ClN3O2S/c1-12(2,3)10-9(19-15-14-10)11(17)16(6-5-13)7-8-18-4/h5-8H2,1-4H3. The molecule has 5 nitrogen and oxygen atoms in total. The summed E-state index contributed by atoms with van der Waals surface area (Å²) in [5.74, 6) is 0.324. The van der Waals surface area contributed by atoms with Crippen molar-refractivity contribution in [2.75, 3.05) is 32.7 Å². The normalized spacial score (nSPS) is 11.6. The Balaban J connectivity index is 2.93. The SMILES string of the molecule is COCCN(CCCl)C(=O)c1snnc1C(C)(C)C. The Labute approximate surface area is 123 Å². The first kappa shape index (κ1) is 16.3. The summed E-state index contributed by atoms with van der Waals surface area (Å²) in [5, 5.41) is 4.09. The highest BCUT2D eigenvalue weighted by molar-refractivity contribution is 7.08. The van der Waals surface area contributed by atoms with Gasteiger partial charge in [-0.25, -0.2) is 0 Å². The lowest BCUT2D eigenvalue weighted by atomic mass is 9.91. The fourth-order valence-corrected chi connectivity index (χ4v) is 2.63. The van der Waals surface area contributed by atoms with Crippen LogP contribution in [-0.4, -0.2) is 53.1 Å². The predicted molar refractivity (Wildman–Crippen MR) is 77.1 cm³/mol. The monoisotopic (exact) mass is 305 g/mol. The van der Waals surface area contributed by atoms with Crippen molar-refractivity contribution in [1.82, 2.24) is 14.5 Å². The van der Waals surface area contributed by atoms with Gasteiger partial charge in [0, 0.05) is 31.5 Å². The van der Waals surface area contributed by atoms with Crippen molar-refractivity contribution in [3.05, 3.63) is 10.6 Å². The Hall–Kier alpha value is -0.720. The number of hydrogen-bond donors (Lipinski definition) is 0. The molecule has 0 fully saturated rings. The van der Waals surface area contributed by atoms with E-state index in [1.54, 1.807) is 12.0 Å². The van der Waals surface area contributed by atoms with Crippen molar-refractivity contribution in [2.24, 2.45) is 0 Å². The van der Waals surface area contributed by atoms with Crippen molar-refractivity contribution in [3.8, 4) is 0 Å². The number of rotatable bonds is 6. The van der Waals surface area contributed by atoms with Gasteiger partial charge in [-0.15, -0.1) is 16.7 Å². The predicted octanol–water partition coefficient (Wildman–Crippen LogP) is 2.16. The summed E-state index contributed by atoms with van der Waals surface area (Å²) in [4.78, 5) is 14.8. The number of nitrogens with zero attached hydrogens (tertiary/aromatic N) is 3. The van der Waals surface area contributed by atoms with Gasteiger partial charge in [-0.05, 0) is 11.5 Å². The summed E-state index contributed by atoms with van der Waals surface area (Å²) in [6.07, 6.45) is 0. The number of methoxy groups -OCH3 is 1. The molecule has 1 aromatic heterocycles. The lowest BCUT2D eigenvalue weighted by Gasteiger charge is -2.22. The molecule has 0 aromatic carbocycles. The molecule has 0 saturated carbocycles. The van der Waals surface area contributed by atoms with E-state index in [1.165, 1.54) is 0 Å². The van der Waals surface area contributed by atoms with E-state index in [-0.39, 0.29) is 11.3 Å². The molecule has 7 heteroatoms. The molecule has 0 atom stereocenters. The largest absolute Gasteiger partial charge is 0.383 e. The minimum atomic E-state index is -0.202. The molecule has 19 heavy (non-hydrogen) atoms. The molecule has 0 N–H and O–H groups in total. The van der Waals surface area contributed by atoms with Crippen LogP contribution >= 0.6 is 23.1 Å². The van der Waals surface area contributed by atoms with Crippen LogP contribution in [-0.2, 0) is 10.2 Å². The topological polar surface area (TPSA) is 55.3 Å². The first-order valence-corrected chi connectivity index (χ1v) is 7.39. The number of ether oxygens (including phenoxy) is 1. The van der Waals surface area contributed by atoms with E-state index in [2.05, 4.69) is 9.59 Å². The van der Waals surface area contributed by atoms with Gasteiger partial charge in [0.1, 0.15) is 4.88 Å². The smallest absolute Gasteiger partial charge is 0.267 e. The fraction of sp³-hybridized carbons (Fsp3) is 0.750. The second-order valence-corrected chi connectivity index (χ2v) is 6.31. The zero-order chi connectivity index (χ0) is 14.5. The van der Waals surface area contributed by atoms with E-state index in [1.807, 2.05) is 20.8 Å². The summed E-state index contributed by atoms with van der Waals surface area (Å²) < 4.78 is 8.93. The third-order valence-corrected chi connectivity index (χ3v) is 3.48. The summed E-state index contributed by atoms with van der Waals surface area (Å²) >= 11 is 6.88. The number of alkyl halides is 1. The van der Waals surface area contributed by atoms with Gasteiger partial charge in [0.2, 0.25) is 0 Å². The highest BCUT2D eigenvalue weighted by atomic mass is 35.5. The molecule has 108 valence electrons. The lowest BCUT2D eigenvalue weighted by molar-refractivity contribution is 0.0710. The highest BCUT2D eigenvalue weighted by Crippen LogP contribution is 2.26. The maximum Gasteiger partial charge on any atom is 0.267 e. The number of aromatic nitrogens is 2. The third-order valence-electron chi connectivity index (χ3n) is 2.60. The van der Waals surface area contributed by atoms with Gasteiger partial charge in [0.15, 0.2) is 0 Å². The molecule has 1 amide bonds. The average Bonchev–Trinajstić information content (AvgIpc) is 2.82. The average molecular weight is 306 g/mol. The van der Waals surface area contributed by atoms with E-state index in [9.17, 15) is 4.79 Å². The zero-order valence-corrected chi connectivity index (χ0v) is 13.3. The number of halogens is 1. The fourth-order valence-electron chi connectivity index (χ4n) is 1.58. The van der Waals surface area contributed by atoms with Gasteiger partial charge < -0.3 is 9.64 Å². The Morgan fingerprint density at radius 1 is 1.42 bits per heavy atom. The molecule has 0 aliphatic carbocycles. The lowest BCUT2D eigenvalue weighted by Crippen LogP contribution is -2.36. The van der Waals surface area contributed by atoms with Crippen LogP contribution < -0.4 is 0 Å². The summed E-state index contributed by atoms with van der Waals surface area (Å²) in [7, 11) is 1.61. The first-order chi connectivity index (χ1) is 8.91. The molecule has 0 spiro atoms. The van der Waals surface area contributed by atoms with Gasteiger partial charge in [0.05, 0.1) is 12.3 Å². The van der Waals surface area contributed by atoms with Crippen molar-refractivity contribution < 1.29 is 9.53 Å². The van der Waals surface area contributed by atoms with Crippen LogP contribution in [0.2, 0.25) is 0 Å². The van der Waals surface area contributed by atoms with E-state index in [0.29, 0.717) is 30.5 Å². The van der Waals surface area contributed by atoms with E-state index in [4.69, 9.17) is 16.3 Å². The van der Waals surface area contributed by atoms with Crippen LogP contribution in [0.5, 0.6) is 0 Å². The number of carbonyl (C=O) groups excluding carboxylic acids is 1. The van der Waals surface area contributed by atoms with E-state index in [0.717, 1.165) is 17.2 Å². The van der Waals surface area contributed by atoms with Crippen LogP contribution in [0.1, 0.15) is 36.1 Å². The Kier molecular flexibility index (Phi) is 6.16. The van der Waals surface area contributed by atoms with Gasteiger partial charge in [0.25, 0.3) is 5.91 Å². The van der Waals surface area contributed by atoms with Gasteiger partial charge in [-0.1, -0.05) is 25.3 Å². The molecular weight excluding hydrogens is 286 g/mol. The Bertz CT molecular complexity index is 417. The van der Waals surface area contributed by atoms with E-state index < -0.39 is 0 Å². The zero-order valence-electron chi connectivity index (χ0n) is 11.8. The van der Waals surface area contributed by atoms with Crippen molar-refractivity contribution in [1.29, 1.82) is 0 Å². The second kappa shape index (κ2) is 7.17. The molecule has 0 radical (unpaired) electrons. The van der Waals surface area contributed by atoms with Crippen LogP contribution in [0.4, 0.5) is 0 Å². The second-order valence-electron chi connectivity index (χ2n) is 5.17. The minimum absolute atomic E-state index is 0.0716. The van der Waals surface area contributed by atoms with Gasteiger partial charge >= 0.3 is 0 Å². The molecule has 1 rings (SSSR count). The van der Waals surface area contributed by atoms with Crippen LogP contribution in [0.3, 0.4) is 0 Å². The number of hydrogen-bond acceptors (Lipinski definition) is 5. The molecule has 0 unspecified atom stereocenters. The maximum atomic E-state index is 12.5. The first-order valence-electron chi connectivity index (χ1n) is 6.08. The highest BCUT2D eigenvalue weighted by Gasteiger charge is 2.28. The van der Waals surface area contributed by atoms with Crippen LogP contribution in [0, 0.1) is 0 Å². The molecule has 1 heterocycles. The Morgan fingerprint density at radius 2 is 2.11 bits per heavy atom. The Morgan fingerprint density at radius 3 is 2.63 bits per heavy atom. The number of carbonyl (C=O) groups is 1. The van der Waals surface area contributed by atoms with Crippen molar-refractivity contribution in [2.45, 2.75) is 26.2 Å². The quantitative estimate of drug-likeness (QED) is 0.756. The molecular formula is C12H20ClN3O2S. The van der Waals surface area contributed by atoms with Crippen LogP contribution in [0.25, 0.3) is 0 Å². The number of amides is 1. The molecule has 0 bridgehead atoms. The van der Waals surface area contributed by atoms with Crippen molar-refractivity contribution in [3.63, 3.8) is 0 Å². The van der Waals surface area contributed by atoms with E-state index >= 15 is 0 Å². The molecule has 0 aliphatic heterocycles. The molecule has 1 aromatic rings. The van der Waals surface area contributed by atoms with Crippen molar-refractivity contribution >= 4 is 29.0 Å². The minimum Gasteiger partial charge on any atom is -0.383 e. The molecule has 0 saturated heterocycles. The maximum absolute atomic E-state index is 12.5. The summed E-state index contributed by atoms with van der Waals surface area (Å²) in [6, 6.07) is 0. The third kappa shape index (κ3) is 4.40. The molecule has 0 aliphatic rings.